The minimum Gasteiger partial charge on any atom is -0.445 e. The molecule has 148 valence electrons. The van der Waals surface area contributed by atoms with Gasteiger partial charge in [-0.3, -0.25) is 0 Å². The number of nitrogens with zero attached hydrogens (tertiary/aromatic N) is 1. The van der Waals surface area contributed by atoms with Gasteiger partial charge in [0.25, 0.3) is 0 Å². The first-order valence-electron chi connectivity index (χ1n) is 10.0. The van der Waals surface area contributed by atoms with Gasteiger partial charge < -0.3 is 24.2 Å². The molecule has 3 fully saturated rings. The molecule has 4 atom stereocenters. The normalized spacial score (nSPS) is 32.6. The van der Waals surface area contributed by atoms with E-state index in [1.54, 1.807) is 4.90 Å². The van der Waals surface area contributed by atoms with Gasteiger partial charge in [0.2, 0.25) is 0 Å². The lowest BCUT2D eigenvalue weighted by Crippen LogP contribution is -2.50. The molecule has 1 saturated carbocycles. The third-order valence-corrected chi connectivity index (χ3v) is 6.31. The topological polar surface area (TPSA) is 68.2 Å². The van der Waals surface area contributed by atoms with Crippen LogP contribution in [0.25, 0.3) is 0 Å². The zero-order valence-electron chi connectivity index (χ0n) is 15.7. The fraction of sp³-hybridized carbons (Fsp3) is 0.667. The Labute approximate surface area is 160 Å². The highest BCUT2D eigenvalue weighted by molar-refractivity contribution is 5.68. The summed E-state index contributed by atoms with van der Waals surface area (Å²) >= 11 is 0. The number of benzene rings is 1. The van der Waals surface area contributed by atoms with E-state index in [1.165, 1.54) is 0 Å². The molecule has 6 heteroatoms. The van der Waals surface area contributed by atoms with E-state index in [0.29, 0.717) is 13.2 Å². The quantitative estimate of drug-likeness (QED) is 0.828. The van der Waals surface area contributed by atoms with Crippen LogP contribution in [-0.2, 0) is 20.8 Å². The second-order valence-corrected chi connectivity index (χ2v) is 8.01. The van der Waals surface area contributed by atoms with Gasteiger partial charge in [0.15, 0.2) is 6.29 Å². The van der Waals surface area contributed by atoms with E-state index in [1.807, 2.05) is 30.3 Å². The molecular formula is C21H29NO5. The third kappa shape index (κ3) is 4.13. The molecule has 0 radical (unpaired) electrons. The van der Waals surface area contributed by atoms with Gasteiger partial charge in [0.1, 0.15) is 6.61 Å². The van der Waals surface area contributed by atoms with Gasteiger partial charge in [0, 0.05) is 25.2 Å². The summed E-state index contributed by atoms with van der Waals surface area (Å²) in [5, 5.41) is 9.80. The molecule has 4 unspecified atom stereocenters. The molecule has 1 amide bonds. The van der Waals surface area contributed by atoms with E-state index in [2.05, 4.69) is 0 Å². The van der Waals surface area contributed by atoms with Crippen molar-refractivity contribution in [3.8, 4) is 0 Å². The minimum atomic E-state index is -0.296. The number of fused-ring (bicyclic) bond motifs is 1. The Hall–Kier alpha value is -1.63. The molecule has 1 aromatic rings. The van der Waals surface area contributed by atoms with Crippen molar-refractivity contribution in [3.63, 3.8) is 0 Å². The average Bonchev–Trinajstić information content (AvgIpc) is 3.47. The monoisotopic (exact) mass is 375 g/mol. The van der Waals surface area contributed by atoms with E-state index >= 15 is 0 Å². The lowest BCUT2D eigenvalue weighted by Gasteiger charge is -2.38. The highest BCUT2D eigenvalue weighted by atomic mass is 16.7. The van der Waals surface area contributed by atoms with Crippen molar-refractivity contribution in [1.29, 1.82) is 0 Å². The van der Waals surface area contributed by atoms with Gasteiger partial charge >= 0.3 is 6.09 Å². The number of amides is 1. The molecule has 6 nitrogen and oxygen atoms in total. The Kier molecular flexibility index (Phi) is 5.66. The molecule has 3 aliphatic rings. The molecule has 2 saturated heterocycles. The molecule has 2 heterocycles. The first kappa shape index (κ1) is 18.7. The van der Waals surface area contributed by atoms with Crippen LogP contribution in [0, 0.1) is 11.3 Å². The highest BCUT2D eigenvalue weighted by Crippen LogP contribution is 2.60. The molecule has 1 aliphatic carbocycles. The van der Waals surface area contributed by atoms with E-state index in [-0.39, 0.29) is 43.0 Å². The fourth-order valence-electron chi connectivity index (χ4n) is 4.48. The number of ether oxygens (including phenoxy) is 3. The smallest absolute Gasteiger partial charge is 0.410 e. The van der Waals surface area contributed by atoms with Crippen LogP contribution in [0.5, 0.6) is 0 Å². The van der Waals surface area contributed by atoms with Gasteiger partial charge in [-0.05, 0) is 43.6 Å². The maximum Gasteiger partial charge on any atom is 0.410 e. The number of likely N-dealkylation sites (tertiary alicyclic amines) is 1. The highest BCUT2D eigenvalue weighted by Gasteiger charge is 2.61. The van der Waals surface area contributed by atoms with Gasteiger partial charge in [-0.2, -0.15) is 0 Å². The second-order valence-electron chi connectivity index (χ2n) is 8.01. The van der Waals surface area contributed by atoms with Crippen LogP contribution in [0.3, 0.4) is 0 Å². The fourth-order valence-corrected chi connectivity index (χ4v) is 4.48. The Bertz CT molecular complexity index is 633. The average molecular weight is 375 g/mol. The summed E-state index contributed by atoms with van der Waals surface area (Å²) < 4.78 is 17.2. The molecule has 4 rings (SSSR count). The van der Waals surface area contributed by atoms with E-state index in [4.69, 9.17) is 14.2 Å². The number of piperidine rings is 1. The number of carbonyl (C=O) groups excluding carboxylic acids is 1. The summed E-state index contributed by atoms with van der Waals surface area (Å²) in [4.78, 5) is 14.5. The third-order valence-electron chi connectivity index (χ3n) is 6.31. The van der Waals surface area contributed by atoms with Gasteiger partial charge in [-0.25, -0.2) is 4.79 Å². The SMILES string of the molecule is O=C(OCc1ccccc1)N1CCC2(CO)CC2C1COC1CCCCO1. The van der Waals surface area contributed by atoms with Crippen molar-refractivity contribution in [1.82, 2.24) is 4.90 Å². The Balaban J connectivity index is 1.37. The summed E-state index contributed by atoms with van der Waals surface area (Å²) in [6, 6.07) is 9.65. The van der Waals surface area contributed by atoms with Crippen LogP contribution in [0.4, 0.5) is 4.79 Å². The number of aliphatic hydroxyl groups excluding tert-OH is 1. The predicted molar refractivity (Wildman–Crippen MR) is 98.9 cm³/mol. The summed E-state index contributed by atoms with van der Waals surface area (Å²) in [5.74, 6) is 0.282. The molecule has 1 aromatic carbocycles. The Morgan fingerprint density at radius 2 is 2.15 bits per heavy atom. The first-order valence-corrected chi connectivity index (χ1v) is 10.0. The number of carbonyl (C=O) groups is 1. The van der Waals surface area contributed by atoms with Crippen molar-refractivity contribution in [2.24, 2.45) is 11.3 Å². The largest absolute Gasteiger partial charge is 0.445 e. The molecule has 0 spiro atoms. The number of hydrogen-bond acceptors (Lipinski definition) is 5. The minimum absolute atomic E-state index is 0.0301. The zero-order chi connectivity index (χ0) is 18.7. The van der Waals surface area contributed by atoms with Crippen molar-refractivity contribution < 1.29 is 24.1 Å². The molecule has 0 aromatic heterocycles. The molecule has 27 heavy (non-hydrogen) atoms. The van der Waals surface area contributed by atoms with Crippen LogP contribution in [0.15, 0.2) is 30.3 Å². The van der Waals surface area contributed by atoms with Gasteiger partial charge in [-0.1, -0.05) is 30.3 Å². The second kappa shape index (κ2) is 8.17. The number of rotatable bonds is 6. The van der Waals surface area contributed by atoms with Gasteiger partial charge in [-0.15, -0.1) is 0 Å². The lowest BCUT2D eigenvalue weighted by molar-refractivity contribution is -0.173. The molecule has 0 bridgehead atoms. The summed E-state index contributed by atoms with van der Waals surface area (Å²) in [6.07, 6.45) is 4.40. The zero-order valence-corrected chi connectivity index (χ0v) is 15.7. The van der Waals surface area contributed by atoms with E-state index in [0.717, 1.165) is 44.3 Å². The molecule has 2 aliphatic heterocycles. The van der Waals surface area contributed by atoms with Crippen LogP contribution in [-0.4, -0.2) is 54.8 Å². The van der Waals surface area contributed by atoms with E-state index in [9.17, 15) is 9.90 Å². The Morgan fingerprint density at radius 3 is 2.89 bits per heavy atom. The maximum atomic E-state index is 12.7. The van der Waals surface area contributed by atoms with Crippen molar-refractivity contribution in [2.45, 2.75) is 51.0 Å². The van der Waals surface area contributed by atoms with Crippen LogP contribution < -0.4 is 0 Å². The van der Waals surface area contributed by atoms with Crippen LogP contribution in [0.2, 0.25) is 0 Å². The number of hydrogen-bond donors (Lipinski definition) is 1. The maximum absolute atomic E-state index is 12.7. The van der Waals surface area contributed by atoms with Crippen molar-refractivity contribution in [2.75, 3.05) is 26.4 Å². The first-order chi connectivity index (χ1) is 13.2. The predicted octanol–water partition coefficient (Wildman–Crippen LogP) is 2.94. The lowest BCUT2D eigenvalue weighted by atomic mass is 9.91. The number of aliphatic hydroxyl groups is 1. The van der Waals surface area contributed by atoms with Gasteiger partial charge in [0.05, 0.1) is 12.6 Å². The van der Waals surface area contributed by atoms with E-state index < -0.39 is 0 Å². The van der Waals surface area contributed by atoms with Crippen molar-refractivity contribution >= 4 is 6.09 Å². The van der Waals surface area contributed by atoms with Crippen molar-refractivity contribution in [3.05, 3.63) is 35.9 Å². The van der Waals surface area contributed by atoms with Crippen LogP contribution >= 0.6 is 0 Å². The summed E-state index contributed by atoms with van der Waals surface area (Å²) in [7, 11) is 0. The van der Waals surface area contributed by atoms with Crippen LogP contribution in [0.1, 0.15) is 37.7 Å². The molecular weight excluding hydrogens is 346 g/mol. The molecule has 1 N–H and O–H groups in total. The Morgan fingerprint density at radius 1 is 1.30 bits per heavy atom. The standard InChI is InChI=1S/C21H29NO5/c23-15-21-9-10-22(20(24)27-13-16-6-2-1-3-7-16)18(17(21)12-21)14-26-19-8-4-5-11-25-19/h1-3,6-7,17-19,23H,4-5,8-15H2. The summed E-state index contributed by atoms with van der Waals surface area (Å²) in [5.41, 5.74) is 0.944. The summed E-state index contributed by atoms with van der Waals surface area (Å²) in [6.45, 7) is 2.23.